The summed E-state index contributed by atoms with van der Waals surface area (Å²) in [5.41, 5.74) is 0.920. The normalized spacial score (nSPS) is 37.8. The van der Waals surface area contributed by atoms with Gasteiger partial charge in [-0.3, -0.25) is 0 Å². The molecule has 3 rings (SSSR count). The average Bonchev–Trinajstić information content (AvgIpc) is 1.98. The number of nitrogens with one attached hydrogen (secondary N) is 1. The molecule has 4 heteroatoms. The Balaban J connectivity index is 1.87. The van der Waals surface area contributed by atoms with Crippen molar-refractivity contribution in [3.63, 3.8) is 0 Å². The number of rotatable bonds is 3. The zero-order valence-corrected chi connectivity index (χ0v) is 7.35. The van der Waals surface area contributed by atoms with Crippen molar-refractivity contribution in [3.8, 4) is 0 Å². The fourth-order valence-electron chi connectivity index (χ4n) is 2.40. The van der Waals surface area contributed by atoms with Crippen LogP contribution in [0.2, 0.25) is 0 Å². The number of hydrogen-bond donors (Lipinski definition) is 1. The van der Waals surface area contributed by atoms with E-state index in [1.54, 1.807) is 0 Å². The summed E-state index contributed by atoms with van der Waals surface area (Å²) in [6.07, 6.45) is 2.70. The quantitative estimate of drug-likeness (QED) is 0.682. The topological polar surface area (TPSA) is 21.3 Å². The molecule has 2 saturated heterocycles. The van der Waals surface area contributed by atoms with Crippen LogP contribution in [0.4, 0.5) is 8.78 Å². The Morgan fingerprint density at radius 3 is 2.92 bits per heavy atom. The Hall–Kier alpha value is -0.480. The van der Waals surface area contributed by atoms with Crippen molar-refractivity contribution >= 4 is 0 Å². The Morgan fingerprint density at radius 2 is 2.38 bits per heavy atom. The molecule has 0 radical (unpaired) electrons. The molecule has 2 unspecified atom stereocenters. The van der Waals surface area contributed by atoms with Gasteiger partial charge in [0.2, 0.25) is 0 Å². The van der Waals surface area contributed by atoms with Gasteiger partial charge >= 0.3 is 6.61 Å². The molecule has 2 aliphatic heterocycles. The van der Waals surface area contributed by atoms with E-state index in [-0.39, 0.29) is 12.1 Å². The highest BCUT2D eigenvalue weighted by Gasteiger charge is 2.48. The second-order valence-corrected chi connectivity index (χ2v) is 4.03. The molecule has 0 amide bonds. The van der Waals surface area contributed by atoms with E-state index in [0.29, 0.717) is 6.04 Å². The van der Waals surface area contributed by atoms with Gasteiger partial charge in [-0.05, 0) is 19.3 Å². The van der Waals surface area contributed by atoms with Gasteiger partial charge in [-0.2, -0.15) is 8.78 Å². The standard InChI is InChI=1S/C9H13F2NO/c1-6-2-7-4-9(3-6,12-7)5-13-8(10)11/h7-8,12H,1-5H2. The minimum atomic E-state index is -2.66. The van der Waals surface area contributed by atoms with E-state index in [1.807, 2.05) is 0 Å². The van der Waals surface area contributed by atoms with Crippen molar-refractivity contribution < 1.29 is 13.5 Å². The van der Waals surface area contributed by atoms with Crippen molar-refractivity contribution in [2.75, 3.05) is 6.61 Å². The van der Waals surface area contributed by atoms with Crippen LogP contribution in [0.1, 0.15) is 19.3 Å². The van der Waals surface area contributed by atoms with E-state index < -0.39 is 6.61 Å². The third kappa shape index (κ3) is 1.74. The molecule has 0 aromatic rings. The number of ether oxygens (including phenoxy) is 1. The SMILES string of the molecule is C=C1CC2CC(COC(F)F)(C1)N2. The number of fused-ring (bicyclic) bond motifs is 2. The molecule has 13 heavy (non-hydrogen) atoms. The lowest BCUT2D eigenvalue weighted by Crippen LogP contribution is -2.69. The van der Waals surface area contributed by atoms with Crippen LogP contribution >= 0.6 is 0 Å². The molecule has 0 spiro atoms. The van der Waals surface area contributed by atoms with E-state index in [9.17, 15) is 8.78 Å². The van der Waals surface area contributed by atoms with E-state index in [2.05, 4.69) is 16.6 Å². The fourth-order valence-corrected chi connectivity index (χ4v) is 2.40. The van der Waals surface area contributed by atoms with E-state index in [0.717, 1.165) is 24.8 Å². The lowest BCUT2D eigenvalue weighted by molar-refractivity contribution is -0.157. The second-order valence-electron chi connectivity index (χ2n) is 4.03. The van der Waals surface area contributed by atoms with Gasteiger partial charge in [0.25, 0.3) is 0 Å². The van der Waals surface area contributed by atoms with E-state index >= 15 is 0 Å². The molecule has 0 aromatic heterocycles. The highest BCUT2D eigenvalue weighted by Crippen LogP contribution is 2.40. The first-order chi connectivity index (χ1) is 6.10. The van der Waals surface area contributed by atoms with E-state index in [4.69, 9.17) is 0 Å². The Kier molecular flexibility index (Phi) is 2.12. The molecule has 0 aromatic carbocycles. The maximum absolute atomic E-state index is 11.8. The molecule has 1 saturated carbocycles. The molecule has 1 N–H and O–H groups in total. The molecule has 2 nitrogen and oxygen atoms in total. The molecule has 1 aliphatic carbocycles. The van der Waals surface area contributed by atoms with Crippen LogP contribution in [-0.4, -0.2) is 24.8 Å². The Labute approximate surface area is 76.0 Å². The number of hydrogen-bond acceptors (Lipinski definition) is 2. The summed E-state index contributed by atoms with van der Waals surface area (Å²) in [5.74, 6) is 0. The maximum atomic E-state index is 11.8. The fraction of sp³-hybridized carbons (Fsp3) is 0.778. The Morgan fingerprint density at radius 1 is 1.69 bits per heavy atom. The van der Waals surface area contributed by atoms with Crippen LogP contribution in [0.15, 0.2) is 12.2 Å². The van der Waals surface area contributed by atoms with Crippen LogP contribution < -0.4 is 5.32 Å². The Bertz CT molecular complexity index is 224. The predicted molar refractivity (Wildman–Crippen MR) is 44.6 cm³/mol. The lowest BCUT2D eigenvalue weighted by Gasteiger charge is -2.54. The molecule has 2 bridgehead atoms. The summed E-state index contributed by atoms with van der Waals surface area (Å²) in [7, 11) is 0. The summed E-state index contributed by atoms with van der Waals surface area (Å²) in [6.45, 7) is 1.32. The minimum Gasteiger partial charge on any atom is -0.321 e. The summed E-state index contributed by atoms with van der Waals surface area (Å²) < 4.78 is 27.9. The zero-order valence-electron chi connectivity index (χ0n) is 7.35. The summed E-state index contributed by atoms with van der Waals surface area (Å²) in [4.78, 5) is 0. The van der Waals surface area contributed by atoms with Crippen LogP contribution in [0.5, 0.6) is 0 Å². The number of halogens is 2. The van der Waals surface area contributed by atoms with Gasteiger partial charge in [0.05, 0.1) is 6.61 Å². The van der Waals surface area contributed by atoms with Gasteiger partial charge in [-0.1, -0.05) is 12.2 Å². The first-order valence-corrected chi connectivity index (χ1v) is 4.44. The number of piperidine rings is 1. The van der Waals surface area contributed by atoms with Gasteiger partial charge < -0.3 is 10.1 Å². The molecular formula is C9H13F2NO. The predicted octanol–water partition coefficient (Wildman–Crippen LogP) is 1.68. The maximum Gasteiger partial charge on any atom is 0.345 e. The average molecular weight is 189 g/mol. The third-order valence-corrected chi connectivity index (χ3v) is 2.76. The molecule has 2 heterocycles. The van der Waals surface area contributed by atoms with Crippen molar-refractivity contribution in [3.05, 3.63) is 12.2 Å². The number of alkyl halides is 2. The van der Waals surface area contributed by atoms with Gasteiger partial charge in [-0.25, -0.2) is 0 Å². The first-order valence-electron chi connectivity index (χ1n) is 4.44. The smallest absolute Gasteiger partial charge is 0.321 e. The van der Waals surface area contributed by atoms with Crippen molar-refractivity contribution in [1.29, 1.82) is 0 Å². The van der Waals surface area contributed by atoms with Crippen molar-refractivity contribution in [1.82, 2.24) is 5.32 Å². The van der Waals surface area contributed by atoms with Gasteiger partial charge in [0.15, 0.2) is 0 Å². The molecule has 74 valence electrons. The van der Waals surface area contributed by atoms with Crippen molar-refractivity contribution in [2.45, 2.75) is 37.5 Å². The monoisotopic (exact) mass is 189 g/mol. The summed E-state index contributed by atoms with van der Waals surface area (Å²) >= 11 is 0. The van der Waals surface area contributed by atoms with Gasteiger partial charge in [0.1, 0.15) is 0 Å². The molecule has 3 aliphatic rings. The van der Waals surface area contributed by atoms with Crippen molar-refractivity contribution in [2.24, 2.45) is 0 Å². The summed E-state index contributed by atoms with van der Waals surface area (Å²) in [5, 5.41) is 3.26. The van der Waals surface area contributed by atoms with Gasteiger partial charge in [0, 0.05) is 11.6 Å². The zero-order chi connectivity index (χ0) is 9.47. The highest BCUT2D eigenvalue weighted by molar-refractivity contribution is 5.20. The van der Waals surface area contributed by atoms with Crippen LogP contribution in [0.25, 0.3) is 0 Å². The largest absolute Gasteiger partial charge is 0.345 e. The van der Waals surface area contributed by atoms with Crippen LogP contribution in [0.3, 0.4) is 0 Å². The summed E-state index contributed by atoms with van der Waals surface area (Å²) in [6, 6.07) is 0.447. The van der Waals surface area contributed by atoms with Crippen LogP contribution in [-0.2, 0) is 4.74 Å². The third-order valence-electron chi connectivity index (χ3n) is 2.76. The minimum absolute atomic E-state index is 0.0974. The second kappa shape index (κ2) is 3.03. The lowest BCUT2D eigenvalue weighted by atomic mass is 9.69. The van der Waals surface area contributed by atoms with E-state index in [1.165, 1.54) is 0 Å². The molecule has 3 fully saturated rings. The first kappa shape index (κ1) is 9.09. The van der Waals surface area contributed by atoms with Crippen LogP contribution in [0, 0.1) is 0 Å². The highest BCUT2D eigenvalue weighted by atomic mass is 19.3. The molecular weight excluding hydrogens is 176 g/mol. The van der Waals surface area contributed by atoms with Gasteiger partial charge in [-0.15, -0.1) is 0 Å². The molecule has 2 atom stereocenters.